The molecule has 0 aliphatic heterocycles. The van der Waals surface area contributed by atoms with Crippen LogP contribution in [0.3, 0.4) is 0 Å². The molecule has 1 saturated carbocycles. The van der Waals surface area contributed by atoms with Crippen molar-refractivity contribution >= 4 is 10.0 Å². The number of hydrogen-bond acceptors (Lipinski definition) is 3. The molecule has 20 heavy (non-hydrogen) atoms. The van der Waals surface area contributed by atoms with Gasteiger partial charge in [-0.1, -0.05) is 31.4 Å². The van der Waals surface area contributed by atoms with Crippen LogP contribution in [-0.2, 0) is 10.0 Å². The summed E-state index contributed by atoms with van der Waals surface area (Å²) in [6, 6.07) is 5.46. The Morgan fingerprint density at radius 3 is 2.50 bits per heavy atom. The summed E-state index contributed by atoms with van der Waals surface area (Å²) in [5.74, 6) is 0. The number of nitrogens with two attached hydrogens (primary N) is 1. The van der Waals surface area contributed by atoms with E-state index in [1.54, 1.807) is 6.07 Å². The Balaban J connectivity index is 2.13. The van der Waals surface area contributed by atoms with Gasteiger partial charge >= 0.3 is 0 Å². The summed E-state index contributed by atoms with van der Waals surface area (Å²) in [5, 5.41) is 0. The van der Waals surface area contributed by atoms with E-state index >= 15 is 0 Å². The smallest absolute Gasteiger partial charge is 0.240 e. The van der Waals surface area contributed by atoms with Gasteiger partial charge in [-0.05, 0) is 43.9 Å². The fourth-order valence-corrected chi connectivity index (χ4v) is 4.21. The third-order valence-electron chi connectivity index (χ3n) is 4.10. The highest BCUT2D eigenvalue weighted by Crippen LogP contribution is 2.26. The van der Waals surface area contributed by atoms with Gasteiger partial charge in [0.05, 0.1) is 4.90 Å². The standard InChI is InChI=1S/C15H24N2O2S/c1-12-6-7-13(2)14(10-12)20(18,19)17-11-15(16)8-4-3-5-9-15/h6-7,10,17H,3-5,8-9,11,16H2,1-2H3. The number of aryl methyl sites for hydroxylation is 2. The van der Waals surface area contributed by atoms with E-state index in [9.17, 15) is 8.42 Å². The van der Waals surface area contributed by atoms with Crippen LogP contribution >= 0.6 is 0 Å². The van der Waals surface area contributed by atoms with Crippen LogP contribution in [-0.4, -0.2) is 20.5 Å². The van der Waals surface area contributed by atoms with Crippen LogP contribution in [0.25, 0.3) is 0 Å². The van der Waals surface area contributed by atoms with Gasteiger partial charge in [0.25, 0.3) is 0 Å². The highest BCUT2D eigenvalue weighted by atomic mass is 32.2. The molecule has 0 bridgehead atoms. The molecule has 0 radical (unpaired) electrons. The first kappa shape index (κ1) is 15.5. The summed E-state index contributed by atoms with van der Waals surface area (Å²) in [7, 11) is -3.48. The van der Waals surface area contributed by atoms with Gasteiger partial charge in [0, 0.05) is 12.1 Å². The minimum absolute atomic E-state index is 0.322. The van der Waals surface area contributed by atoms with Crippen molar-refractivity contribution in [3.8, 4) is 0 Å². The van der Waals surface area contributed by atoms with Crippen molar-refractivity contribution in [2.75, 3.05) is 6.54 Å². The van der Waals surface area contributed by atoms with E-state index in [1.807, 2.05) is 26.0 Å². The molecule has 1 aliphatic rings. The largest absolute Gasteiger partial charge is 0.324 e. The molecule has 0 spiro atoms. The summed E-state index contributed by atoms with van der Waals surface area (Å²) in [6.07, 6.45) is 5.15. The van der Waals surface area contributed by atoms with E-state index in [-0.39, 0.29) is 5.54 Å². The lowest BCUT2D eigenvalue weighted by atomic mass is 9.83. The second kappa shape index (κ2) is 5.84. The van der Waals surface area contributed by atoms with Gasteiger partial charge in [-0.15, -0.1) is 0 Å². The highest BCUT2D eigenvalue weighted by molar-refractivity contribution is 7.89. The van der Waals surface area contributed by atoms with Gasteiger partial charge in [0.1, 0.15) is 0 Å². The van der Waals surface area contributed by atoms with Gasteiger partial charge in [-0.3, -0.25) is 0 Å². The van der Waals surface area contributed by atoms with Gasteiger partial charge in [0.2, 0.25) is 10.0 Å². The van der Waals surface area contributed by atoms with Crippen LogP contribution < -0.4 is 10.5 Å². The maximum absolute atomic E-state index is 12.4. The van der Waals surface area contributed by atoms with E-state index in [4.69, 9.17) is 5.73 Å². The zero-order chi connectivity index (χ0) is 14.8. The molecular weight excluding hydrogens is 272 g/mol. The van der Waals surface area contributed by atoms with Gasteiger partial charge in [-0.25, -0.2) is 13.1 Å². The third kappa shape index (κ3) is 3.59. The predicted octanol–water partition coefficient (Wildman–Crippen LogP) is 2.24. The number of sulfonamides is 1. The van der Waals surface area contributed by atoms with Crippen molar-refractivity contribution in [2.24, 2.45) is 5.73 Å². The van der Waals surface area contributed by atoms with Crippen LogP contribution in [0, 0.1) is 13.8 Å². The third-order valence-corrected chi connectivity index (χ3v) is 5.64. The van der Waals surface area contributed by atoms with Crippen molar-refractivity contribution in [2.45, 2.75) is 56.4 Å². The Hall–Kier alpha value is -0.910. The van der Waals surface area contributed by atoms with E-state index < -0.39 is 10.0 Å². The Kier molecular flexibility index (Phi) is 4.52. The first-order valence-electron chi connectivity index (χ1n) is 7.18. The molecule has 112 valence electrons. The molecule has 1 fully saturated rings. The summed E-state index contributed by atoms with van der Waals surface area (Å²) < 4.78 is 27.5. The molecule has 5 heteroatoms. The monoisotopic (exact) mass is 296 g/mol. The van der Waals surface area contributed by atoms with E-state index in [2.05, 4.69) is 4.72 Å². The zero-order valence-corrected chi connectivity index (χ0v) is 13.1. The Labute approximate surface area is 121 Å². The summed E-state index contributed by atoms with van der Waals surface area (Å²) in [4.78, 5) is 0.358. The summed E-state index contributed by atoms with van der Waals surface area (Å²) in [5.41, 5.74) is 7.60. The minimum atomic E-state index is -3.48. The highest BCUT2D eigenvalue weighted by Gasteiger charge is 2.29. The normalized spacial score (nSPS) is 18.9. The van der Waals surface area contributed by atoms with Crippen molar-refractivity contribution in [1.82, 2.24) is 4.72 Å². The van der Waals surface area contributed by atoms with Crippen molar-refractivity contribution < 1.29 is 8.42 Å². The second-order valence-corrected chi connectivity index (χ2v) is 7.75. The second-order valence-electron chi connectivity index (χ2n) is 6.02. The molecule has 0 amide bonds. The maximum atomic E-state index is 12.4. The van der Waals surface area contributed by atoms with Crippen molar-refractivity contribution in [3.63, 3.8) is 0 Å². The van der Waals surface area contributed by atoms with E-state index in [0.717, 1.165) is 36.8 Å². The molecule has 1 aromatic carbocycles. The zero-order valence-electron chi connectivity index (χ0n) is 12.3. The number of hydrogen-bond donors (Lipinski definition) is 2. The quantitative estimate of drug-likeness (QED) is 0.895. The number of rotatable bonds is 4. The Morgan fingerprint density at radius 2 is 1.85 bits per heavy atom. The first-order valence-corrected chi connectivity index (χ1v) is 8.67. The van der Waals surface area contributed by atoms with Crippen LogP contribution in [0.15, 0.2) is 23.1 Å². The van der Waals surface area contributed by atoms with E-state index in [0.29, 0.717) is 11.4 Å². The molecule has 0 saturated heterocycles. The average molecular weight is 296 g/mol. The molecule has 0 heterocycles. The van der Waals surface area contributed by atoms with Crippen molar-refractivity contribution in [3.05, 3.63) is 29.3 Å². The predicted molar refractivity (Wildman–Crippen MR) is 81.1 cm³/mol. The Bertz CT molecular complexity index is 576. The molecule has 2 rings (SSSR count). The SMILES string of the molecule is Cc1ccc(C)c(S(=O)(=O)NCC2(N)CCCCC2)c1. The maximum Gasteiger partial charge on any atom is 0.240 e. The molecule has 1 aliphatic carbocycles. The molecule has 4 nitrogen and oxygen atoms in total. The minimum Gasteiger partial charge on any atom is -0.324 e. The molecule has 0 atom stereocenters. The molecule has 1 aromatic rings. The van der Waals surface area contributed by atoms with Crippen LogP contribution in [0.5, 0.6) is 0 Å². The lowest BCUT2D eigenvalue weighted by molar-refractivity contribution is 0.296. The Morgan fingerprint density at radius 1 is 1.20 bits per heavy atom. The number of benzene rings is 1. The topological polar surface area (TPSA) is 72.2 Å². The summed E-state index contributed by atoms with van der Waals surface area (Å²) in [6.45, 7) is 4.03. The molecule has 3 N–H and O–H groups in total. The first-order chi connectivity index (χ1) is 9.32. The summed E-state index contributed by atoms with van der Waals surface area (Å²) >= 11 is 0. The lowest BCUT2D eigenvalue weighted by Gasteiger charge is -2.33. The fraction of sp³-hybridized carbons (Fsp3) is 0.600. The van der Waals surface area contributed by atoms with E-state index in [1.165, 1.54) is 6.42 Å². The van der Waals surface area contributed by atoms with Crippen LogP contribution in [0.4, 0.5) is 0 Å². The van der Waals surface area contributed by atoms with Crippen LogP contribution in [0.2, 0.25) is 0 Å². The molecular formula is C15H24N2O2S. The fourth-order valence-electron chi connectivity index (χ4n) is 2.75. The lowest BCUT2D eigenvalue weighted by Crippen LogP contribution is -2.51. The van der Waals surface area contributed by atoms with Gasteiger partial charge in [-0.2, -0.15) is 0 Å². The van der Waals surface area contributed by atoms with Crippen molar-refractivity contribution in [1.29, 1.82) is 0 Å². The molecule has 0 unspecified atom stereocenters. The number of nitrogens with one attached hydrogen (secondary N) is 1. The van der Waals surface area contributed by atoms with Gasteiger partial charge < -0.3 is 5.73 Å². The molecule has 0 aromatic heterocycles. The average Bonchev–Trinajstić information content (AvgIpc) is 2.40. The van der Waals surface area contributed by atoms with Crippen LogP contribution in [0.1, 0.15) is 43.2 Å². The van der Waals surface area contributed by atoms with Gasteiger partial charge in [0.15, 0.2) is 0 Å².